The number of rotatable bonds is 4. The first-order chi connectivity index (χ1) is 6.93. The lowest BCUT2D eigenvalue weighted by molar-refractivity contribution is 0.454. The highest BCUT2D eigenvalue weighted by Gasteiger charge is 2.18. The predicted octanol–water partition coefficient (Wildman–Crippen LogP) is 1.20. The average molecular weight is 212 g/mol. The first-order valence-corrected chi connectivity index (χ1v) is 5.35. The number of aromatic amines is 1. The van der Waals surface area contributed by atoms with Crippen molar-refractivity contribution in [2.75, 3.05) is 0 Å². The van der Waals surface area contributed by atoms with Crippen molar-refractivity contribution in [1.82, 2.24) is 14.8 Å². The van der Waals surface area contributed by atoms with Gasteiger partial charge in [-0.15, -0.1) is 0 Å². The van der Waals surface area contributed by atoms with Crippen molar-refractivity contribution < 1.29 is 0 Å². The molecule has 0 saturated heterocycles. The lowest BCUT2D eigenvalue weighted by Gasteiger charge is -2.16. The van der Waals surface area contributed by atoms with E-state index in [2.05, 4.69) is 24.0 Å². The van der Waals surface area contributed by atoms with Gasteiger partial charge in [0, 0.05) is 6.04 Å². The molecule has 0 spiro atoms. The highest BCUT2D eigenvalue weighted by atomic mass is 16.1. The third-order valence-corrected chi connectivity index (χ3v) is 2.31. The minimum absolute atomic E-state index is 0.0875. The summed E-state index contributed by atoms with van der Waals surface area (Å²) in [6.07, 6.45) is 0.830. The van der Waals surface area contributed by atoms with Crippen LogP contribution >= 0.6 is 0 Å². The lowest BCUT2D eigenvalue weighted by atomic mass is 10.0. The molecule has 0 fully saturated rings. The Kier molecular flexibility index (Phi) is 3.68. The van der Waals surface area contributed by atoms with Crippen molar-refractivity contribution in [3.63, 3.8) is 0 Å². The minimum atomic E-state index is -0.181. The largest absolute Gasteiger partial charge is 0.343 e. The summed E-state index contributed by atoms with van der Waals surface area (Å²) in [6.45, 7) is 8.10. The second-order valence-corrected chi connectivity index (χ2v) is 4.59. The van der Waals surface area contributed by atoms with E-state index in [1.165, 1.54) is 0 Å². The number of aromatic nitrogens is 3. The first-order valence-electron chi connectivity index (χ1n) is 5.35. The number of nitrogens with zero attached hydrogens (tertiary/aromatic N) is 2. The van der Waals surface area contributed by atoms with Gasteiger partial charge in [0.1, 0.15) is 0 Å². The maximum Gasteiger partial charge on any atom is 0.343 e. The van der Waals surface area contributed by atoms with Gasteiger partial charge >= 0.3 is 5.69 Å². The monoisotopic (exact) mass is 212 g/mol. The van der Waals surface area contributed by atoms with Crippen LogP contribution in [0.4, 0.5) is 0 Å². The maximum absolute atomic E-state index is 11.5. The van der Waals surface area contributed by atoms with E-state index in [1.807, 2.05) is 13.8 Å². The fourth-order valence-electron chi connectivity index (χ4n) is 1.69. The Balaban J connectivity index is 2.99. The third-order valence-electron chi connectivity index (χ3n) is 2.31. The SMILES string of the molecule is CC(C)C[C@H](N)c1n[nH]c(=O)n1C(C)C. The molecule has 1 aromatic heterocycles. The van der Waals surface area contributed by atoms with Gasteiger partial charge in [-0.3, -0.25) is 4.57 Å². The fourth-order valence-corrected chi connectivity index (χ4v) is 1.69. The Bertz CT molecular complexity index is 364. The van der Waals surface area contributed by atoms with Gasteiger partial charge in [0.25, 0.3) is 0 Å². The smallest absolute Gasteiger partial charge is 0.321 e. The van der Waals surface area contributed by atoms with Crippen molar-refractivity contribution in [2.45, 2.75) is 46.2 Å². The molecule has 0 aliphatic rings. The molecule has 0 radical (unpaired) electrons. The Hall–Kier alpha value is -1.10. The molecule has 1 atom stereocenters. The van der Waals surface area contributed by atoms with Crippen LogP contribution in [0.3, 0.4) is 0 Å². The maximum atomic E-state index is 11.5. The Labute approximate surface area is 89.7 Å². The van der Waals surface area contributed by atoms with E-state index in [9.17, 15) is 4.79 Å². The highest BCUT2D eigenvalue weighted by molar-refractivity contribution is 4.95. The number of nitrogens with two attached hydrogens (primary N) is 1. The quantitative estimate of drug-likeness (QED) is 0.787. The standard InChI is InChI=1S/C10H20N4O/c1-6(2)5-8(11)9-12-13-10(15)14(9)7(3)4/h6-8H,5,11H2,1-4H3,(H,13,15)/t8-/m0/s1. The molecule has 5 heteroatoms. The zero-order valence-corrected chi connectivity index (χ0v) is 9.82. The third kappa shape index (κ3) is 2.68. The van der Waals surface area contributed by atoms with Crippen molar-refractivity contribution in [2.24, 2.45) is 11.7 Å². The van der Waals surface area contributed by atoms with Crippen molar-refractivity contribution in [3.05, 3.63) is 16.3 Å². The van der Waals surface area contributed by atoms with Crippen LogP contribution in [0.1, 0.15) is 52.0 Å². The number of nitrogens with one attached hydrogen (secondary N) is 1. The van der Waals surface area contributed by atoms with E-state index in [-0.39, 0.29) is 17.8 Å². The second-order valence-electron chi connectivity index (χ2n) is 4.59. The summed E-state index contributed by atoms with van der Waals surface area (Å²) in [7, 11) is 0. The molecule has 15 heavy (non-hydrogen) atoms. The average Bonchev–Trinajstić information content (AvgIpc) is 2.45. The van der Waals surface area contributed by atoms with E-state index in [0.717, 1.165) is 6.42 Å². The summed E-state index contributed by atoms with van der Waals surface area (Å²) in [5.74, 6) is 1.15. The Morgan fingerprint density at radius 1 is 1.40 bits per heavy atom. The molecule has 3 N–H and O–H groups in total. The summed E-state index contributed by atoms with van der Waals surface area (Å²) >= 11 is 0. The molecular formula is C10H20N4O. The topological polar surface area (TPSA) is 76.7 Å². The van der Waals surface area contributed by atoms with E-state index in [4.69, 9.17) is 5.73 Å². The first kappa shape index (κ1) is 12.0. The molecule has 0 aliphatic heterocycles. The molecule has 0 aliphatic carbocycles. The van der Waals surface area contributed by atoms with Crippen molar-refractivity contribution in [1.29, 1.82) is 0 Å². The van der Waals surface area contributed by atoms with E-state index in [1.54, 1.807) is 4.57 Å². The van der Waals surface area contributed by atoms with Crippen LogP contribution in [-0.4, -0.2) is 14.8 Å². The minimum Gasteiger partial charge on any atom is -0.321 e. The van der Waals surface area contributed by atoms with Gasteiger partial charge in [0.15, 0.2) is 5.82 Å². The molecule has 0 amide bonds. The number of hydrogen-bond donors (Lipinski definition) is 2. The van der Waals surface area contributed by atoms with E-state index in [0.29, 0.717) is 11.7 Å². The molecule has 5 nitrogen and oxygen atoms in total. The summed E-state index contributed by atoms with van der Waals surface area (Å²) in [6, 6.07) is -0.0872. The zero-order chi connectivity index (χ0) is 11.6. The molecule has 0 saturated carbocycles. The molecule has 1 aromatic rings. The van der Waals surface area contributed by atoms with E-state index >= 15 is 0 Å². The number of hydrogen-bond acceptors (Lipinski definition) is 3. The summed E-state index contributed by atoms with van der Waals surface area (Å²) in [5, 5.41) is 6.44. The van der Waals surface area contributed by atoms with Gasteiger partial charge < -0.3 is 5.73 Å². The molecular weight excluding hydrogens is 192 g/mol. The van der Waals surface area contributed by atoms with Gasteiger partial charge in [-0.2, -0.15) is 5.10 Å². The van der Waals surface area contributed by atoms with Gasteiger partial charge in [-0.1, -0.05) is 13.8 Å². The molecule has 1 heterocycles. The van der Waals surface area contributed by atoms with Crippen LogP contribution in [0.25, 0.3) is 0 Å². The molecule has 86 valence electrons. The highest BCUT2D eigenvalue weighted by Crippen LogP contribution is 2.17. The second kappa shape index (κ2) is 4.61. The van der Waals surface area contributed by atoms with Crippen LogP contribution in [0.2, 0.25) is 0 Å². The summed E-state index contributed by atoms with van der Waals surface area (Å²) in [5.41, 5.74) is 5.82. The zero-order valence-electron chi connectivity index (χ0n) is 9.82. The molecule has 0 unspecified atom stereocenters. The van der Waals surface area contributed by atoms with Crippen LogP contribution < -0.4 is 11.4 Å². The normalized spacial score (nSPS) is 13.8. The lowest BCUT2D eigenvalue weighted by Crippen LogP contribution is -2.25. The molecule has 0 bridgehead atoms. The van der Waals surface area contributed by atoms with Gasteiger partial charge in [-0.05, 0) is 26.2 Å². The molecule has 1 rings (SSSR count). The molecule has 0 aromatic carbocycles. The van der Waals surface area contributed by atoms with Crippen LogP contribution in [0, 0.1) is 5.92 Å². The van der Waals surface area contributed by atoms with Crippen molar-refractivity contribution in [3.8, 4) is 0 Å². The van der Waals surface area contributed by atoms with Crippen LogP contribution in [0.15, 0.2) is 4.79 Å². The Morgan fingerprint density at radius 2 is 2.00 bits per heavy atom. The predicted molar refractivity (Wildman–Crippen MR) is 59.6 cm³/mol. The van der Waals surface area contributed by atoms with Gasteiger partial charge in [-0.25, -0.2) is 9.89 Å². The van der Waals surface area contributed by atoms with Crippen LogP contribution in [-0.2, 0) is 0 Å². The number of H-pyrrole nitrogens is 1. The van der Waals surface area contributed by atoms with Crippen LogP contribution in [0.5, 0.6) is 0 Å². The summed E-state index contributed by atoms with van der Waals surface area (Å²) in [4.78, 5) is 11.5. The van der Waals surface area contributed by atoms with Crippen molar-refractivity contribution >= 4 is 0 Å². The Morgan fingerprint density at radius 3 is 2.47 bits per heavy atom. The van der Waals surface area contributed by atoms with Gasteiger partial charge in [0.05, 0.1) is 6.04 Å². The van der Waals surface area contributed by atoms with E-state index < -0.39 is 0 Å². The fraction of sp³-hybridized carbons (Fsp3) is 0.800. The summed E-state index contributed by atoms with van der Waals surface area (Å²) < 4.78 is 1.62. The van der Waals surface area contributed by atoms with Gasteiger partial charge in [0.2, 0.25) is 0 Å².